The van der Waals surface area contributed by atoms with Crippen molar-refractivity contribution in [2.24, 2.45) is 0 Å². The molecule has 0 aliphatic heterocycles. The maximum absolute atomic E-state index is 13.7. The third kappa shape index (κ3) is 1.72. The smallest absolute Gasteiger partial charge is 0.132 e. The third-order valence-electron chi connectivity index (χ3n) is 2.87. The first kappa shape index (κ1) is 10.8. The van der Waals surface area contributed by atoms with Gasteiger partial charge in [0.05, 0.1) is 0 Å². The number of rotatable bonds is 1. The molecule has 0 radical (unpaired) electrons. The van der Waals surface area contributed by atoms with Crippen LogP contribution in [0.5, 0.6) is 0 Å². The number of anilines is 1. The summed E-state index contributed by atoms with van der Waals surface area (Å²) >= 11 is 0. The summed E-state index contributed by atoms with van der Waals surface area (Å²) in [4.78, 5) is 3.03. The van der Waals surface area contributed by atoms with Crippen molar-refractivity contribution in [3.63, 3.8) is 0 Å². The summed E-state index contributed by atoms with van der Waals surface area (Å²) in [7, 11) is 0. The molecule has 90 valence electrons. The Hall–Kier alpha value is -2.36. The quantitative estimate of drug-likeness (QED) is 0.630. The minimum absolute atomic E-state index is 0.213. The number of nitrogens with two attached hydrogens (primary N) is 1. The van der Waals surface area contributed by atoms with E-state index in [9.17, 15) is 8.78 Å². The summed E-state index contributed by atoms with van der Waals surface area (Å²) in [6, 6.07) is 10.5. The minimum Gasteiger partial charge on any atom is -0.399 e. The van der Waals surface area contributed by atoms with Crippen LogP contribution in [0.4, 0.5) is 14.5 Å². The monoisotopic (exact) mass is 244 g/mol. The van der Waals surface area contributed by atoms with E-state index in [1.54, 1.807) is 18.2 Å². The molecule has 0 fully saturated rings. The number of halogens is 2. The van der Waals surface area contributed by atoms with Crippen molar-refractivity contribution in [1.82, 2.24) is 4.98 Å². The number of fused-ring (bicyclic) bond motifs is 1. The van der Waals surface area contributed by atoms with E-state index in [1.165, 1.54) is 6.07 Å². The first-order valence-electron chi connectivity index (χ1n) is 5.47. The zero-order valence-corrected chi connectivity index (χ0v) is 9.37. The minimum atomic E-state index is -0.468. The molecule has 3 N–H and O–H groups in total. The van der Waals surface area contributed by atoms with Crippen molar-refractivity contribution in [2.75, 3.05) is 5.73 Å². The molecular weight excluding hydrogens is 234 g/mol. The first-order chi connectivity index (χ1) is 8.63. The number of nitrogens with one attached hydrogen (secondary N) is 1. The molecule has 3 rings (SSSR count). The van der Waals surface area contributed by atoms with Crippen LogP contribution < -0.4 is 5.73 Å². The predicted molar refractivity (Wildman–Crippen MR) is 68.1 cm³/mol. The number of hydrogen-bond acceptors (Lipinski definition) is 1. The highest BCUT2D eigenvalue weighted by atomic mass is 19.1. The molecule has 0 spiro atoms. The van der Waals surface area contributed by atoms with E-state index in [4.69, 9.17) is 5.73 Å². The normalized spacial score (nSPS) is 11.0. The summed E-state index contributed by atoms with van der Waals surface area (Å²) in [6.45, 7) is 0. The van der Waals surface area contributed by atoms with Gasteiger partial charge in [-0.25, -0.2) is 8.78 Å². The van der Waals surface area contributed by atoms with Gasteiger partial charge in [0, 0.05) is 27.8 Å². The van der Waals surface area contributed by atoms with Gasteiger partial charge in [0.1, 0.15) is 11.6 Å². The summed E-state index contributed by atoms with van der Waals surface area (Å²) in [5, 5.41) is 0.905. The molecule has 0 saturated carbocycles. The first-order valence-corrected chi connectivity index (χ1v) is 5.47. The molecule has 0 aliphatic rings. The van der Waals surface area contributed by atoms with Crippen LogP contribution >= 0.6 is 0 Å². The molecule has 0 atom stereocenters. The molecule has 1 heterocycles. The molecule has 18 heavy (non-hydrogen) atoms. The van der Waals surface area contributed by atoms with E-state index in [2.05, 4.69) is 4.98 Å². The lowest BCUT2D eigenvalue weighted by molar-refractivity contribution is 0.603. The van der Waals surface area contributed by atoms with Gasteiger partial charge in [-0.3, -0.25) is 0 Å². The molecule has 1 aromatic heterocycles. The topological polar surface area (TPSA) is 41.8 Å². The van der Waals surface area contributed by atoms with Gasteiger partial charge in [0.2, 0.25) is 0 Å². The van der Waals surface area contributed by atoms with E-state index >= 15 is 0 Å². The Balaban J connectivity index is 2.22. The Morgan fingerprint density at radius 2 is 1.78 bits per heavy atom. The average molecular weight is 244 g/mol. The molecule has 3 aromatic rings. The van der Waals surface area contributed by atoms with Crippen molar-refractivity contribution in [2.45, 2.75) is 0 Å². The number of aromatic nitrogens is 1. The number of hydrogen-bond donors (Lipinski definition) is 2. The number of benzene rings is 2. The predicted octanol–water partition coefficient (Wildman–Crippen LogP) is 3.70. The Labute approximate surface area is 102 Å². The van der Waals surface area contributed by atoms with Gasteiger partial charge in [-0.05, 0) is 36.4 Å². The molecular formula is C14H10F2N2. The van der Waals surface area contributed by atoms with Gasteiger partial charge in [0.25, 0.3) is 0 Å². The summed E-state index contributed by atoms with van der Waals surface area (Å²) in [5.74, 6) is -0.930. The van der Waals surface area contributed by atoms with Crippen LogP contribution in [0.1, 0.15) is 0 Å². The largest absolute Gasteiger partial charge is 0.399 e. The lowest BCUT2D eigenvalue weighted by Gasteiger charge is -2.00. The van der Waals surface area contributed by atoms with E-state index in [0.717, 1.165) is 23.0 Å². The van der Waals surface area contributed by atoms with E-state index in [1.807, 2.05) is 6.07 Å². The number of aromatic amines is 1. The molecule has 2 nitrogen and oxygen atoms in total. The standard InChI is InChI=1S/C14H10F2N2/c15-9-2-4-12(16)11(6-9)14-5-8-1-3-10(17)7-13(8)18-14/h1-7,18H,17H2. The van der Waals surface area contributed by atoms with Crippen molar-refractivity contribution < 1.29 is 8.78 Å². The van der Waals surface area contributed by atoms with Gasteiger partial charge >= 0.3 is 0 Å². The van der Waals surface area contributed by atoms with Gasteiger partial charge in [-0.1, -0.05) is 6.07 Å². The zero-order chi connectivity index (χ0) is 12.7. The Bertz CT molecular complexity index is 732. The van der Waals surface area contributed by atoms with Crippen LogP contribution in [0, 0.1) is 11.6 Å². The Morgan fingerprint density at radius 1 is 0.944 bits per heavy atom. The van der Waals surface area contributed by atoms with Crippen LogP contribution in [0.25, 0.3) is 22.2 Å². The van der Waals surface area contributed by atoms with E-state index in [0.29, 0.717) is 11.4 Å². The van der Waals surface area contributed by atoms with Crippen molar-refractivity contribution in [1.29, 1.82) is 0 Å². The van der Waals surface area contributed by atoms with Gasteiger partial charge in [-0.15, -0.1) is 0 Å². The second kappa shape index (κ2) is 3.84. The van der Waals surface area contributed by atoms with Gasteiger partial charge in [-0.2, -0.15) is 0 Å². The third-order valence-corrected chi connectivity index (χ3v) is 2.87. The highest BCUT2D eigenvalue weighted by Gasteiger charge is 2.09. The van der Waals surface area contributed by atoms with E-state index < -0.39 is 11.6 Å². The molecule has 0 amide bonds. The highest BCUT2D eigenvalue weighted by Crippen LogP contribution is 2.27. The van der Waals surface area contributed by atoms with Crippen molar-refractivity contribution in [3.8, 4) is 11.3 Å². The second-order valence-electron chi connectivity index (χ2n) is 4.15. The van der Waals surface area contributed by atoms with Gasteiger partial charge < -0.3 is 10.7 Å². The molecule has 4 heteroatoms. The van der Waals surface area contributed by atoms with Crippen LogP contribution in [0.2, 0.25) is 0 Å². The summed E-state index contributed by atoms with van der Waals surface area (Å²) in [5.41, 5.74) is 7.84. The van der Waals surface area contributed by atoms with Crippen molar-refractivity contribution >= 4 is 16.6 Å². The average Bonchev–Trinajstić information content (AvgIpc) is 2.74. The molecule has 0 bridgehead atoms. The molecule has 0 saturated heterocycles. The maximum Gasteiger partial charge on any atom is 0.132 e. The fraction of sp³-hybridized carbons (Fsp3) is 0. The molecule has 0 aliphatic carbocycles. The van der Waals surface area contributed by atoms with Crippen LogP contribution in [-0.4, -0.2) is 4.98 Å². The highest BCUT2D eigenvalue weighted by molar-refractivity contribution is 5.88. The Morgan fingerprint density at radius 3 is 2.61 bits per heavy atom. The lowest BCUT2D eigenvalue weighted by Crippen LogP contribution is -1.86. The van der Waals surface area contributed by atoms with Crippen molar-refractivity contribution in [3.05, 3.63) is 54.1 Å². The SMILES string of the molecule is Nc1ccc2cc(-c3cc(F)ccc3F)[nH]c2c1. The number of H-pyrrole nitrogens is 1. The van der Waals surface area contributed by atoms with Crippen LogP contribution in [0.3, 0.4) is 0 Å². The van der Waals surface area contributed by atoms with Gasteiger partial charge in [0.15, 0.2) is 0 Å². The second-order valence-corrected chi connectivity index (χ2v) is 4.15. The molecule has 0 unspecified atom stereocenters. The summed E-state index contributed by atoms with van der Waals surface area (Å²) < 4.78 is 26.8. The lowest BCUT2D eigenvalue weighted by atomic mass is 10.1. The fourth-order valence-corrected chi connectivity index (χ4v) is 1.99. The van der Waals surface area contributed by atoms with Crippen LogP contribution in [-0.2, 0) is 0 Å². The summed E-state index contributed by atoms with van der Waals surface area (Å²) in [6.07, 6.45) is 0. The maximum atomic E-state index is 13.7. The number of nitrogen functional groups attached to an aromatic ring is 1. The molecule has 2 aromatic carbocycles. The van der Waals surface area contributed by atoms with E-state index in [-0.39, 0.29) is 5.56 Å². The van der Waals surface area contributed by atoms with Crippen LogP contribution in [0.15, 0.2) is 42.5 Å². The Kier molecular flexibility index (Phi) is 2.30. The fourth-order valence-electron chi connectivity index (χ4n) is 1.99. The zero-order valence-electron chi connectivity index (χ0n) is 9.37.